The van der Waals surface area contributed by atoms with Crippen LogP contribution in [0, 0.1) is 12.8 Å². The summed E-state index contributed by atoms with van der Waals surface area (Å²) in [6.45, 7) is 4.49. The van der Waals surface area contributed by atoms with Gasteiger partial charge in [-0.05, 0) is 44.1 Å². The quantitative estimate of drug-likeness (QED) is 0.625. The molecule has 1 aromatic rings. The molecule has 0 nitrogen and oxygen atoms in total. The first-order valence-electron chi connectivity index (χ1n) is 5.97. The van der Waals surface area contributed by atoms with Crippen molar-refractivity contribution in [1.29, 1.82) is 0 Å². The third kappa shape index (κ3) is 2.95. The van der Waals surface area contributed by atoms with Crippen molar-refractivity contribution < 1.29 is 0 Å². The fourth-order valence-electron chi connectivity index (χ4n) is 2.15. The molecule has 0 heterocycles. The summed E-state index contributed by atoms with van der Waals surface area (Å²) in [4.78, 5) is 0. The summed E-state index contributed by atoms with van der Waals surface area (Å²) in [7, 11) is 0. The van der Waals surface area contributed by atoms with Crippen LogP contribution in [-0.4, -0.2) is 0 Å². The molecule has 1 aromatic carbocycles. The van der Waals surface area contributed by atoms with Gasteiger partial charge < -0.3 is 0 Å². The van der Waals surface area contributed by atoms with Crippen molar-refractivity contribution in [1.82, 2.24) is 0 Å². The Bertz CT molecular complexity index is 343. The molecule has 1 atom stereocenters. The Labute approximate surface area is 93.0 Å². The molecule has 0 bridgehead atoms. The van der Waals surface area contributed by atoms with E-state index in [0.717, 1.165) is 12.3 Å². The molecule has 0 spiro atoms. The summed E-state index contributed by atoms with van der Waals surface area (Å²) in [5.74, 6) is 0.895. The second kappa shape index (κ2) is 4.65. The lowest BCUT2D eigenvalue weighted by atomic mass is 9.88. The first-order valence-corrected chi connectivity index (χ1v) is 5.97. The van der Waals surface area contributed by atoms with Crippen LogP contribution < -0.4 is 0 Å². The topological polar surface area (TPSA) is 0 Å². The summed E-state index contributed by atoms with van der Waals surface area (Å²) < 4.78 is 0. The van der Waals surface area contributed by atoms with Crippen molar-refractivity contribution >= 4 is 0 Å². The first-order chi connectivity index (χ1) is 7.24. The molecule has 1 aliphatic carbocycles. The summed E-state index contributed by atoms with van der Waals surface area (Å²) in [6, 6.07) is 8.94. The van der Waals surface area contributed by atoms with Crippen LogP contribution in [0.4, 0.5) is 0 Å². The molecule has 0 amide bonds. The van der Waals surface area contributed by atoms with E-state index in [1.807, 2.05) is 0 Å². The molecule has 0 aromatic heterocycles. The van der Waals surface area contributed by atoms with Gasteiger partial charge in [-0.2, -0.15) is 0 Å². The minimum Gasteiger partial charge on any atom is -0.0847 e. The molecule has 1 unspecified atom stereocenters. The maximum absolute atomic E-state index is 2.45. The van der Waals surface area contributed by atoms with Crippen molar-refractivity contribution in [3.05, 3.63) is 47.0 Å². The summed E-state index contributed by atoms with van der Waals surface area (Å²) in [5.41, 5.74) is 4.45. The van der Waals surface area contributed by atoms with E-state index in [2.05, 4.69) is 44.2 Å². The number of rotatable bonds is 2. The Hall–Kier alpha value is -1.04. The van der Waals surface area contributed by atoms with E-state index in [1.165, 1.54) is 30.4 Å². The highest BCUT2D eigenvalue weighted by Crippen LogP contribution is 2.25. The maximum atomic E-state index is 2.45. The van der Waals surface area contributed by atoms with E-state index in [-0.39, 0.29) is 0 Å². The van der Waals surface area contributed by atoms with E-state index < -0.39 is 0 Å². The summed E-state index contributed by atoms with van der Waals surface area (Å²) in [5, 5.41) is 0. The molecular weight excluding hydrogens is 180 g/mol. The number of hydrogen-bond acceptors (Lipinski definition) is 0. The third-order valence-corrected chi connectivity index (χ3v) is 3.32. The fourth-order valence-corrected chi connectivity index (χ4v) is 2.15. The molecule has 80 valence electrons. The molecule has 1 aliphatic rings. The zero-order valence-corrected chi connectivity index (χ0v) is 9.79. The predicted molar refractivity (Wildman–Crippen MR) is 66.0 cm³/mol. The van der Waals surface area contributed by atoms with Crippen LogP contribution >= 0.6 is 0 Å². The zero-order valence-electron chi connectivity index (χ0n) is 9.79. The average molecular weight is 200 g/mol. The van der Waals surface area contributed by atoms with Crippen LogP contribution in [0.15, 0.2) is 35.9 Å². The Kier molecular flexibility index (Phi) is 3.25. The van der Waals surface area contributed by atoms with Crippen molar-refractivity contribution in [2.45, 2.75) is 39.5 Å². The maximum Gasteiger partial charge on any atom is -0.00671 e. The normalized spacial score (nSPS) is 21.2. The van der Waals surface area contributed by atoms with Crippen molar-refractivity contribution in [2.24, 2.45) is 5.92 Å². The smallest absolute Gasteiger partial charge is 0.00671 e. The molecular formula is C15H20. The Morgan fingerprint density at radius 3 is 2.53 bits per heavy atom. The predicted octanol–water partition coefficient (Wildman–Crippen LogP) is 4.28. The van der Waals surface area contributed by atoms with E-state index in [1.54, 1.807) is 5.57 Å². The van der Waals surface area contributed by atoms with E-state index in [0.29, 0.717) is 0 Å². The van der Waals surface area contributed by atoms with E-state index >= 15 is 0 Å². The minimum absolute atomic E-state index is 0.895. The number of hydrogen-bond donors (Lipinski definition) is 0. The minimum atomic E-state index is 0.895. The van der Waals surface area contributed by atoms with Gasteiger partial charge in [-0.15, -0.1) is 0 Å². The molecule has 0 heteroatoms. The molecule has 0 radical (unpaired) electrons. The van der Waals surface area contributed by atoms with Crippen LogP contribution in [0.1, 0.15) is 37.3 Å². The highest BCUT2D eigenvalue weighted by molar-refractivity contribution is 5.26. The monoisotopic (exact) mass is 200 g/mol. The Balaban J connectivity index is 2.00. The molecule has 0 saturated carbocycles. The molecule has 0 saturated heterocycles. The molecule has 0 fully saturated rings. The van der Waals surface area contributed by atoms with Gasteiger partial charge >= 0.3 is 0 Å². The number of allylic oxidation sites excluding steroid dienone is 2. The molecule has 0 N–H and O–H groups in total. The highest BCUT2D eigenvalue weighted by atomic mass is 14.2. The third-order valence-electron chi connectivity index (χ3n) is 3.32. The lowest BCUT2D eigenvalue weighted by Crippen LogP contribution is -2.03. The Morgan fingerprint density at radius 1 is 1.20 bits per heavy atom. The van der Waals surface area contributed by atoms with Gasteiger partial charge in [0.15, 0.2) is 0 Å². The van der Waals surface area contributed by atoms with Gasteiger partial charge in [0.25, 0.3) is 0 Å². The standard InChI is InChI=1S/C15H20/c1-12-3-7-14(8-4-12)11-15-9-5-13(2)6-10-15/h3-4,7-9,13H,5-6,10-11H2,1-2H3. The molecule has 2 rings (SSSR count). The van der Waals surface area contributed by atoms with Crippen LogP contribution in [-0.2, 0) is 6.42 Å². The number of aryl methyl sites for hydroxylation is 1. The van der Waals surface area contributed by atoms with Crippen molar-refractivity contribution in [3.63, 3.8) is 0 Å². The van der Waals surface area contributed by atoms with Gasteiger partial charge in [0.2, 0.25) is 0 Å². The highest BCUT2D eigenvalue weighted by Gasteiger charge is 2.09. The zero-order chi connectivity index (χ0) is 10.7. The van der Waals surface area contributed by atoms with Crippen LogP contribution in [0.3, 0.4) is 0 Å². The van der Waals surface area contributed by atoms with Gasteiger partial charge in [-0.3, -0.25) is 0 Å². The van der Waals surface area contributed by atoms with Gasteiger partial charge in [0.1, 0.15) is 0 Å². The van der Waals surface area contributed by atoms with Crippen LogP contribution in [0.25, 0.3) is 0 Å². The van der Waals surface area contributed by atoms with Gasteiger partial charge in [-0.1, -0.05) is 48.4 Å². The number of benzene rings is 1. The van der Waals surface area contributed by atoms with E-state index in [4.69, 9.17) is 0 Å². The van der Waals surface area contributed by atoms with Crippen LogP contribution in [0.2, 0.25) is 0 Å². The second-order valence-electron chi connectivity index (χ2n) is 4.90. The average Bonchev–Trinajstić information content (AvgIpc) is 2.25. The molecule has 0 aliphatic heterocycles. The van der Waals surface area contributed by atoms with Crippen LogP contribution in [0.5, 0.6) is 0 Å². The van der Waals surface area contributed by atoms with Gasteiger partial charge in [0, 0.05) is 0 Å². The summed E-state index contributed by atoms with van der Waals surface area (Å²) >= 11 is 0. The van der Waals surface area contributed by atoms with Crippen molar-refractivity contribution in [2.75, 3.05) is 0 Å². The SMILES string of the molecule is Cc1ccc(CC2=CCC(C)CC2)cc1. The lowest BCUT2D eigenvalue weighted by molar-refractivity contribution is 0.509. The summed E-state index contributed by atoms with van der Waals surface area (Å²) in [6.07, 6.45) is 7.56. The first kappa shape index (κ1) is 10.5. The molecule has 15 heavy (non-hydrogen) atoms. The van der Waals surface area contributed by atoms with Gasteiger partial charge in [0.05, 0.1) is 0 Å². The van der Waals surface area contributed by atoms with Crippen molar-refractivity contribution in [3.8, 4) is 0 Å². The largest absolute Gasteiger partial charge is 0.0847 e. The fraction of sp³-hybridized carbons (Fsp3) is 0.467. The Morgan fingerprint density at radius 2 is 1.93 bits per heavy atom. The van der Waals surface area contributed by atoms with E-state index in [9.17, 15) is 0 Å². The van der Waals surface area contributed by atoms with Gasteiger partial charge in [-0.25, -0.2) is 0 Å². The second-order valence-corrected chi connectivity index (χ2v) is 4.90. The lowest BCUT2D eigenvalue weighted by Gasteiger charge is -2.18.